The van der Waals surface area contributed by atoms with E-state index in [4.69, 9.17) is 9.66 Å². The third-order valence-electron chi connectivity index (χ3n) is 2.69. The molecule has 1 amide bonds. The number of allylic oxidation sites excluding steroid dienone is 1. The lowest BCUT2D eigenvalue weighted by molar-refractivity contribution is -0.141. The summed E-state index contributed by atoms with van der Waals surface area (Å²) in [6.07, 6.45) is 0. The first-order chi connectivity index (χ1) is 10.1. The van der Waals surface area contributed by atoms with Crippen LogP contribution in [-0.4, -0.2) is 47.2 Å². The van der Waals surface area contributed by atoms with E-state index in [-0.39, 0.29) is 0 Å². The number of rotatable bonds is 6. The Labute approximate surface area is 128 Å². The molecule has 22 heavy (non-hydrogen) atoms. The van der Waals surface area contributed by atoms with Crippen LogP contribution in [0.1, 0.15) is 19.4 Å². The van der Waals surface area contributed by atoms with Crippen molar-refractivity contribution in [3.63, 3.8) is 0 Å². The maximum absolute atomic E-state index is 12.1. The lowest BCUT2D eigenvalue weighted by Crippen LogP contribution is -2.38. The molecule has 0 bridgehead atoms. The van der Waals surface area contributed by atoms with Gasteiger partial charge in [-0.2, -0.15) is 8.42 Å². The van der Waals surface area contributed by atoms with Gasteiger partial charge in [-0.05, 0) is 19.4 Å². The molecule has 0 saturated heterocycles. The van der Waals surface area contributed by atoms with Gasteiger partial charge in [0.15, 0.2) is 5.75 Å². The summed E-state index contributed by atoms with van der Waals surface area (Å²) in [5, 5.41) is 8.98. The van der Waals surface area contributed by atoms with Crippen molar-refractivity contribution in [2.24, 2.45) is 0 Å². The quantitative estimate of drug-likeness (QED) is 0.760. The van der Waals surface area contributed by atoms with E-state index in [0.29, 0.717) is 16.8 Å². The van der Waals surface area contributed by atoms with Crippen molar-refractivity contribution < 1.29 is 27.7 Å². The highest BCUT2D eigenvalue weighted by Crippen LogP contribution is 2.23. The highest BCUT2D eigenvalue weighted by Gasteiger charge is 2.26. The molecule has 0 atom stereocenters. The van der Waals surface area contributed by atoms with Crippen LogP contribution in [0.4, 0.5) is 0 Å². The number of hydrogen-bond acceptors (Lipinski definition) is 4. The molecule has 0 radical (unpaired) electrons. The summed E-state index contributed by atoms with van der Waals surface area (Å²) >= 11 is 0. The van der Waals surface area contributed by atoms with E-state index in [0.717, 1.165) is 4.90 Å². The fourth-order valence-electron chi connectivity index (χ4n) is 1.97. The molecule has 0 unspecified atom stereocenters. The monoisotopic (exact) mass is 327 g/mol. The predicted octanol–water partition coefficient (Wildman–Crippen LogP) is 1.24. The number of carbonyl (C=O) groups excluding carboxylic acids is 1. The Balaban J connectivity index is 3.32. The van der Waals surface area contributed by atoms with E-state index in [1.165, 1.54) is 0 Å². The van der Waals surface area contributed by atoms with Crippen molar-refractivity contribution in [1.82, 2.24) is 4.90 Å². The summed E-state index contributed by atoms with van der Waals surface area (Å²) in [7, 11) is -4.55. The fourth-order valence-corrected chi connectivity index (χ4v) is 2.44. The van der Waals surface area contributed by atoms with E-state index in [1.807, 2.05) is 0 Å². The van der Waals surface area contributed by atoms with Gasteiger partial charge in [-0.15, -0.1) is 0 Å². The minimum atomic E-state index is -4.55. The van der Waals surface area contributed by atoms with Crippen LogP contribution < -0.4 is 0 Å². The van der Waals surface area contributed by atoms with Gasteiger partial charge in [0.2, 0.25) is 5.91 Å². The van der Waals surface area contributed by atoms with Crippen molar-refractivity contribution in [1.29, 1.82) is 0 Å². The number of carboxylic acids is 1. The molecule has 120 valence electrons. The minimum absolute atomic E-state index is 0.302. The van der Waals surface area contributed by atoms with E-state index < -0.39 is 34.3 Å². The van der Waals surface area contributed by atoms with Crippen LogP contribution in [0.2, 0.25) is 0 Å². The van der Waals surface area contributed by atoms with Crippen molar-refractivity contribution in [2.75, 3.05) is 12.3 Å². The molecular weight excluding hydrogens is 310 g/mol. The van der Waals surface area contributed by atoms with Gasteiger partial charge in [0.05, 0.1) is 5.70 Å². The van der Waals surface area contributed by atoms with Crippen molar-refractivity contribution in [3.05, 3.63) is 41.5 Å². The van der Waals surface area contributed by atoms with Crippen LogP contribution in [0.5, 0.6) is 0 Å². The van der Waals surface area contributed by atoms with Crippen LogP contribution in [0.3, 0.4) is 0 Å². The summed E-state index contributed by atoms with van der Waals surface area (Å²) < 4.78 is 30.6. The number of nitrogens with zero attached hydrogens (tertiary/aromatic N) is 1. The third-order valence-corrected chi connectivity index (χ3v) is 3.30. The zero-order valence-electron chi connectivity index (χ0n) is 12.2. The largest absolute Gasteiger partial charge is 0.480 e. The zero-order valence-corrected chi connectivity index (χ0v) is 13.0. The normalized spacial score (nSPS) is 10.9. The number of benzene rings is 1. The van der Waals surface area contributed by atoms with Gasteiger partial charge in [-0.1, -0.05) is 35.9 Å². The topological polar surface area (TPSA) is 112 Å². The van der Waals surface area contributed by atoms with Crippen LogP contribution in [-0.2, 0) is 19.7 Å². The number of hydrogen-bond donors (Lipinski definition) is 2. The number of amides is 1. The van der Waals surface area contributed by atoms with Crippen LogP contribution in [0.15, 0.2) is 35.9 Å². The second kappa shape index (κ2) is 7.19. The van der Waals surface area contributed by atoms with Crippen LogP contribution in [0, 0.1) is 0 Å². The number of carboxylic acid groups (broad SMARTS) is 1. The van der Waals surface area contributed by atoms with Gasteiger partial charge in [-0.3, -0.25) is 19.0 Å². The fraction of sp³-hybridized carbons (Fsp3) is 0.286. The van der Waals surface area contributed by atoms with Gasteiger partial charge in [0.1, 0.15) is 6.54 Å². The van der Waals surface area contributed by atoms with E-state index >= 15 is 0 Å². The zero-order chi connectivity index (χ0) is 16.9. The lowest BCUT2D eigenvalue weighted by Gasteiger charge is -2.25. The standard InChI is InChI=1S/C14H17NO6S/c1-10(2)14(11-6-4-3-5-7-11)15(8-13(17)18)12(16)9-22(19,20)21/h3-7H,8-9H2,1-2H3,(H,17,18)(H,19,20,21). The first kappa shape index (κ1) is 17.9. The average Bonchev–Trinajstić information content (AvgIpc) is 2.36. The SMILES string of the molecule is CC(C)=C(c1ccccc1)N(CC(=O)O)C(=O)CS(=O)(=O)O. The summed E-state index contributed by atoms with van der Waals surface area (Å²) in [6, 6.07) is 8.54. The first-order valence-corrected chi connectivity index (χ1v) is 7.93. The minimum Gasteiger partial charge on any atom is -0.480 e. The molecule has 0 heterocycles. The maximum Gasteiger partial charge on any atom is 0.323 e. The van der Waals surface area contributed by atoms with Gasteiger partial charge in [-0.25, -0.2) is 0 Å². The second-order valence-corrected chi connectivity index (χ2v) is 6.27. The number of carbonyl (C=O) groups is 2. The Morgan fingerprint density at radius 3 is 2.09 bits per heavy atom. The molecule has 2 N–H and O–H groups in total. The Morgan fingerprint density at radius 1 is 1.14 bits per heavy atom. The molecule has 1 aromatic carbocycles. The van der Waals surface area contributed by atoms with E-state index in [9.17, 15) is 18.0 Å². The molecule has 8 heteroatoms. The Hall–Kier alpha value is -2.19. The molecule has 1 rings (SSSR count). The van der Waals surface area contributed by atoms with Crippen LogP contribution >= 0.6 is 0 Å². The van der Waals surface area contributed by atoms with Gasteiger partial charge in [0, 0.05) is 0 Å². The molecule has 0 fully saturated rings. The van der Waals surface area contributed by atoms with Gasteiger partial charge < -0.3 is 5.11 Å². The molecule has 1 aromatic rings. The molecule has 0 spiro atoms. The van der Waals surface area contributed by atoms with E-state index in [1.54, 1.807) is 44.2 Å². The Morgan fingerprint density at radius 2 is 1.68 bits per heavy atom. The first-order valence-electron chi connectivity index (χ1n) is 6.32. The molecule has 7 nitrogen and oxygen atoms in total. The predicted molar refractivity (Wildman–Crippen MR) is 80.5 cm³/mol. The summed E-state index contributed by atoms with van der Waals surface area (Å²) in [5.74, 6) is -3.48. The molecule has 0 saturated carbocycles. The van der Waals surface area contributed by atoms with Crippen LogP contribution in [0.25, 0.3) is 5.70 Å². The molecule has 0 aliphatic heterocycles. The molecule has 0 aliphatic rings. The maximum atomic E-state index is 12.1. The highest BCUT2D eigenvalue weighted by atomic mass is 32.2. The van der Waals surface area contributed by atoms with Gasteiger partial charge >= 0.3 is 5.97 Å². The van der Waals surface area contributed by atoms with E-state index in [2.05, 4.69) is 0 Å². The van der Waals surface area contributed by atoms with Crippen molar-refractivity contribution in [3.8, 4) is 0 Å². The Kier molecular flexibility index (Phi) is 5.84. The smallest absolute Gasteiger partial charge is 0.323 e. The summed E-state index contributed by atoms with van der Waals surface area (Å²) in [6.45, 7) is 2.65. The van der Waals surface area contributed by atoms with Crippen molar-refractivity contribution in [2.45, 2.75) is 13.8 Å². The van der Waals surface area contributed by atoms with Gasteiger partial charge in [0.25, 0.3) is 10.1 Å². The average molecular weight is 327 g/mol. The number of aliphatic carboxylic acids is 1. The third kappa shape index (κ3) is 5.30. The molecular formula is C14H17NO6S. The molecule has 0 aromatic heterocycles. The highest BCUT2D eigenvalue weighted by molar-refractivity contribution is 7.86. The Bertz CT molecular complexity index is 689. The van der Waals surface area contributed by atoms with Crippen molar-refractivity contribution >= 4 is 27.7 Å². The molecule has 0 aliphatic carbocycles. The second-order valence-electron chi connectivity index (χ2n) is 4.81. The summed E-state index contributed by atoms with van der Waals surface area (Å²) in [4.78, 5) is 24.0. The lowest BCUT2D eigenvalue weighted by atomic mass is 10.1. The summed E-state index contributed by atoms with van der Waals surface area (Å²) in [5.41, 5.74) is 1.51.